The Hall–Kier alpha value is -2.91. The summed E-state index contributed by atoms with van der Waals surface area (Å²) in [4.78, 5) is 39.3. The highest BCUT2D eigenvalue weighted by atomic mass is 31.2. The van der Waals surface area contributed by atoms with Gasteiger partial charge >= 0.3 is 27.1 Å². The first-order valence-corrected chi connectivity index (χ1v) is 17.0. The number of H-pyrrole nitrogens is 1. The molecule has 0 saturated carbocycles. The van der Waals surface area contributed by atoms with Crippen molar-refractivity contribution in [3.05, 3.63) is 69.0 Å². The second-order valence-electron chi connectivity index (χ2n) is 10.4. The quantitative estimate of drug-likeness (QED) is 0.141. The second kappa shape index (κ2) is 13.6. The molecule has 18 heteroatoms. The van der Waals surface area contributed by atoms with Crippen molar-refractivity contribution in [1.29, 1.82) is 0 Å². The van der Waals surface area contributed by atoms with Crippen LogP contribution >= 0.6 is 15.4 Å². The van der Waals surface area contributed by atoms with Crippen LogP contribution in [0.5, 0.6) is 5.75 Å². The molecule has 3 N–H and O–H groups in total. The minimum atomic E-state index is -4.20. The van der Waals surface area contributed by atoms with Gasteiger partial charge in [0.15, 0.2) is 0 Å². The van der Waals surface area contributed by atoms with Gasteiger partial charge in [-0.1, -0.05) is 24.3 Å². The van der Waals surface area contributed by atoms with Crippen molar-refractivity contribution in [2.75, 3.05) is 46.5 Å². The molecule has 1 aromatic carbocycles. The van der Waals surface area contributed by atoms with Crippen LogP contribution in [-0.4, -0.2) is 94.7 Å². The predicted molar refractivity (Wildman–Crippen MR) is 157 cm³/mol. The zero-order valence-electron chi connectivity index (χ0n) is 24.1. The molecule has 4 heterocycles. The molecule has 3 fully saturated rings. The molecule has 0 aliphatic carbocycles. The highest BCUT2D eigenvalue weighted by Gasteiger charge is 2.49. The van der Waals surface area contributed by atoms with Gasteiger partial charge in [0.25, 0.3) is 5.56 Å². The molecule has 2 aromatic rings. The summed E-state index contributed by atoms with van der Waals surface area (Å²) in [6, 6.07) is 7.09. The van der Waals surface area contributed by atoms with Crippen molar-refractivity contribution in [3.8, 4) is 5.75 Å². The predicted octanol–water partition coefficient (Wildman–Crippen LogP) is 1.31. The molecule has 44 heavy (non-hydrogen) atoms. The van der Waals surface area contributed by atoms with Crippen molar-refractivity contribution in [1.82, 2.24) is 24.0 Å². The Kier molecular flexibility index (Phi) is 10.0. The summed E-state index contributed by atoms with van der Waals surface area (Å²) in [6.07, 6.45) is 1.05. The monoisotopic (exact) mass is 655 g/mol. The van der Waals surface area contributed by atoms with E-state index in [1.807, 2.05) is 0 Å². The third-order valence-corrected chi connectivity index (χ3v) is 11.4. The van der Waals surface area contributed by atoms with E-state index in [1.54, 1.807) is 39.7 Å². The van der Waals surface area contributed by atoms with E-state index in [1.165, 1.54) is 32.4 Å². The second-order valence-corrected chi connectivity index (χ2v) is 14.4. The lowest BCUT2D eigenvalue weighted by atomic mass is 10.2. The Labute approximate surface area is 252 Å². The maximum atomic E-state index is 13.6. The zero-order chi connectivity index (χ0) is 31.5. The average Bonchev–Trinajstić information content (AvgIpc) is 3.92. The Balaban J connectivity index is 1.24. The van der Waals surface area contributed by atoms with Gasteiger partial charge in [0.2, 0.25) is 0 Å². The Morgan fingerprint density at radius 2 is 1.84 bits per heavy atom. The lowest BCUT2D eigenvalue weighted by molar-refractivity contribution is -0.142. The number of aromatic amines is 1. The highest BCUT2D eigenvalue weighted by Crippen LogP contribution is 2.60. The number of nitrogens with zero attached hydrogens (tertiary/aromatic N) is 3. The summed E-state index contributed by atoms with van der Waals surface area (Å²) >= 11 is 0. The SMILES string of the molecule is COC(=O)C(C)NP(=O)(OC[C@H]1OC(n2cc(/C=C\COP(=O)(N3CC3)N3CC3)c(=O)[nH]c2=O)CC1O)Oc1ccccc1. The number of aliphatic hydroxyl groups excluding tert-OH is 1. The van der Waals surface area contributed by atoms with Gasteiger partial charge in [-0.05, 0) is 25.1 Å². The van der Waals surface area contributed by atoms with Gasteiger partial charge in [0, 0.05) is 38.8 Å². The fourth-order valence-corrected chi connectivity index (χ4v) is 8.13. The summed E-state index contributed by atoms with van der Waals surface area (Å²) in [5, 5.41) is 13.2. The van der Waals surface area contributed by atoms with Crippen LogP contribution in [0.1, 0.15) is 25.1 Å². The van der Waals surface area contributed by atoms with Gasteiger partial charge in [-0.15, -0.1) is 0 Å². The van der Waals surface area contributed by atoms with E-state index in [0.717, 1.165) is 4.57 Å². The Bertz CT molecular complexity index is 1560. The lowest BCUT2D eigenvalue weighted by Gasteiger charge is -2.24. The maximum Gasteiger partial charge on any atom is 0.459 e. The normalized spacial score (nSPS) is 24.2. The third kappa shape index (κ3) is 7.83. The molecule has 5 rings (SSSR count). The molecular weight excluding hydrogens is 620 g/mol. The van der Waals surface area contributed by atoms with Crippen LogP contribution in [0.4, 0.5) is 0 Å². The van der Waals surface area contributed by atoms with Crippen molar-refractivity contribution < 1.29 is 42.1 Å². The van der Waals surface area contributed by atoms with Crippen LogP contribution in [-0.2, 0) is 32.4 Å². The molecule has 5 atom stereocenters. The molecule has 0 amide bonds. The van der Waals surface area contributed by atoms with E-state index in [4.69, 9.17) is 18.3 Å². The number of carbonyl (C=O) groups is 1. The number of nitrogens with one attached hydrogen (secondary N) is 2. The molecule has 3 aliphatic rings. The number of rotatable bonds is 15. The molecule has 3 saturated heterocycles. The number of aromatic nitrogens is 2. The van der Waals surface area contributed by atoms with Gasteiger partial charge in [-0.3, -0.25) is 28.2 Å². The molecular formula is C26H35N5O11P2. The van der Waals surface area contributed by atoms with E-state index >= 15 is 0 Å². The number of benzene rings is 1. The number of aliphatic hydroxyl groups is 1. The zero-order valence-corrected chi connectivity index (χ0v) is 25.9. The lowest BCUT2D eigenvalue weighted by Crippen LogP contribution is -2.36. The molecule has 0 spiro atoms. The van der Waals surface area contributed by atoms with Crippen LogP contribution in [0.3, 0.4) is 0 Å². The number of methoxy groups -OCH3 is 1. The number of carbonyl (C=O) groups excluding carboxylic acids is 1. The molecule has 4 unspecified atom stereocenters. The standard InChI is InChI=1S/C26H35N5O11P2/c1-18(25(34)38-2)28-43(36,42-20-8-4-3-5-9-20)40-17-22-21(32)15-23(41-22)31-16-19(24(33)27-26(31)35)7-6-14-39-44(37,29-10-11-29)30-12-13-30/h3-9,16,18,21-23,32H,10-15,17H2,1-2H3,(H,28,36)(H,27,33,35)/b7-6-/t18?,21?,22-,23?,43?/m1/s1. The fourth-order valence-electron chi connectivity index (χ4n) is 4.47. The van der Waals surface area contributed by atoms with Crippen LogP contribution in [0, 0.1) is 0 Å². The number of hydrogen-bond acceptors (Lipinski definition) is 11. The maximum absolute atomic E-state index is 13.6. The molecule has 0 radical (unpaired) electrons. The minimum absolute atomic E-state index is 0.00532. The number of ether oxygens (including phenoxy) is 2. The number of para-hydroxylation sites is 1. The van der Waals surface area contributed by atoms with E-state index in [9.17, 15) is 28.6 Å². The summed E-state index contributed by atoms with van der Waals surface area (Å²) in [5.74, 6) is -0.498. The van der Waals surface area contributed by atoms with E-state index < -0.39 is 63.7 Å². The number of hydrogen-bond donors (Lipinski definition) is 3. The molecule has 16 nitrogen and oxygen atoms in total. The number of esters is 1. The summed E-state index contributed by atoms with van der Waals surface area (Å²) in [5.41, 5.74) is -1.30. The van der Waals surface area contributed by atoms with E-state index in [-0.39, 0.29) is 24.3 Å². The summed E-state index contributed by atoms with van der Waals surface area (Å²) in [6.45, 7) is 3.82. The van der Waals surface area contributed by atoms with Gasteiger partial charge in [-0.2, -0.15) is 5.09 Å². The van der Waals surface area contributed by atoms with Gasteiger partial charge in [0.1, 0.15) is 24.1 Å². The van der Waals surface area contributed by atoms with Crippen molar-refractivity contribution in [2.45, 2.75) is 37.8 Å². The Morgan fingerprint density at radius 1 is 1.16 bits per heavy atom. The fraction of sp³-hybridized carbons (Fsp3) is 0.500. The van der Waals surface area contributed by atoms with Gasteiger partial charge in [-0.25, -0.2) is 18.7 Å². The van der Waals surface area contributed by atoms with E-state index in [2.05, 4.69) is 14.8 Å². The first kappa shape index (κ1) is 32.5. The molecule has 3 aliphatic heterocycles. The summed E-state index contributed by atoms with van der Waals surface area (Å²) in [7, 11) is -6.03. The van der Waals surface area contributed by atoms with Crippen molar-refractivity contribution >= 4 is 27.5 Å². The average molecular weight is 656 g/mol. The first-order valence-electron chi connectivity index (χ1n) is 14.0. The smallest absolute Gasteiger partial charge is 0.459 e. The first-order chi connectivity index (χ1) is 21.0. The molecule has 1 aromatic heterocycles. The largest absolute Gasteiger partial charge is 0.468 e. The van der Waals surface area contributed by atoms with Crippen LogP contribution in [0.15, 0.2) is 52.2 Å². The molecule has 240 valence electrons. The van der Waals surface area contributed by atoms with Crippen LogP contribution in [0.25, 0.3) is 6.08 Å². The van der Waals surface area contributed by atoms with Gasteiger partial charge in [0.05, 0.1) is 32.0 Å². The van der Waals surface area contributed by atoms with Crippen molar-refractivity contribution in [3.63, 3.8) is 0 Å². The van der Waals surface area contributed by atoms with Crippen LogP contribution < -0.4 is 20.9 Å². The van der Waals surface area contributed by atoms with Crippen LogP contribution in [0.2, 0.25) is 0 Å². The molecule has 0 bridgehead atoms. The Morgan fingerprint density at radius 3 is 2.48 bits per heavy atom. The van der Waals surface area contributed by atoms with Gasteiger partial charge < -0.3 is 23.6 Å². The van der Waals surface area contributed by atoms with Crippen molar-refractivity contribution in [2.24, 2.45) is 0 Å². The topological polar surface area (TPSA) is 190 Å². The summed E-state index contributed by atoms with van der Waals surface area (Å²) < 4.78 is 58.6. The highest BCUT2D eigenvalue weighted by molar-refractivity contribution is 7.54. The minimum Gasteiger partial charge on any atom is -0.468 e. The third-order valence-electron chi connectivity index (χ3n) is 6.99. The van der Waals surface area contributed by atoms with E-state index in [0.29, 0.717) is 26.2 Å².